The van der Waals surface area contributed by atoms with Gasteiger partial charge in [0.25, 0.3) is 0 Å². The zero-order valence-electron chi connectivity index (χ0n) is 20.7. The molecule has 1 spiro atoms. The van der Waals surface area contributed by atoms with E-state index in [0.717, 1.165) is 30.5 Å². The van der Waals surface area contributed by atoms with Gasteiger partial charge in [-0.3, -0.25) is 9.79 Å². The molecule has 1 saturated carbocycles. The number of ether oxygens (including phenoxy) is 1. The Hall–Kier alpha value is -3.54. The van der Waals surface area contributed by atoms with Crippen LogP contribution >= 0.6 is 0 Å². The Kier molecular flexibility index (Phi) is 6.37. The minimum absolute atomic E-state index is 0.0526. The fourth-order valence-electron chi connectivity index (χ4n) is 5.50. The minimum Gasteiger partial charge on any atom is -0.456 e. The number of aryl methyl sites for hydroxylation is 1. The lowest BCUT2D eigenvalue weighted by Gasteiger charge is -2.28. The molecule has 1 aliphatic carbocycles. The van der Waals surface area contributed by atoms with Gasteiger partial charge in [0.1, 0.15) is 19.0 Å². The highest BCUT2D eigenvalue weighted by molar-refractivity contribution is 5.97. The van der Waals surface area contributed by atoms with Gasteiger partial charge in [0.2, 0.25) is 5.91 Å². The second-order valence-electron chi connectivity index (χ2n) is 10.1. The van der Waals surface area contributed by atoms with Gasteiger partial charge in [-0.05, 0) is 73.9 Å². The molecule has 2 aromatic rings. The van der Waals surface area contributed by atoms with Gasteiger partial charge in [-0.1, -0.05) is 6.92 Å². The first kappa shape index (κ1) is 24.2. The highest BCUT2D eigenvalue weighted by Gasteiger charge is 2.50. The third kappa shape index (κ3) is 4.41. The average molecular weight is 495 g/mol. The van der Waals surface area contributed by atoms with Crippen molar-refractivity contribution in [2.24, 2.45) is 16.3 Å². The fraction of sp³-hybridized carbons (Fsp3) is 0.583. The molecule has 0 bridgehead atoms. The minimum atomic E-state index is -0.923. The number of cyclic esters (lactones) is 1. The number of aliphatic imine (C=N–C) groups is 1. The van der Waals surface area contributed by atoms with Gasteiger partial charge in [-0.25, -0.2) is 4.79 Å². The lowest BCUT2D eigenvalue weighted by molar-refractivity contribution is -0.137. The van der Waals surface area contributed by atoms with Gasteiger partial charge < -0.3 is 14.7 Å². The van der Waals surface area contributed by atoms with E-state index >= 15 is 0 Å². The first-order valence-electron chi connectivity index (χ1n) is 12.2. The molecule has 2 fully saturated rings. The molecule has 36 heavy (non-hydrogen) atoms. The van der Waals surface area contributed by atoms with Crippen LogP contribution in [0.3, 0.4) is 0 Å². The van der Waals surface area contributed by atoms with Crippen LogP contribution in [0.2, 0.25) is 0 Å². The molecule has 2 unspecified atom stereocenters. The number of hydrogen-bond acceptors (Lipinski definition) is 10. The molecule has 1 N–H and O–H groups in total. The number of amides is 1. The highest BCUT2D eigenvalue weighted by Crippen LogP contribution is 2.46. The zero-order valence-corrected chi connectivity index (χ0v) is 20.7. The normalized spacial score (nSPS) is 26.7. The van der Waals surface area contributed by atoms with Gasteiger partial charge in [0.05, 0.1) is 28.9 Å². The Bertz CT molecular complexity index is 1240. The number of rotatable bonds is 5. The quantitative estimate of drug-likeness (QED) is 0.610. The van der Waals surface area contributed by atoms with Crippen LogP contribution in [0, 0.1) is 18.3 Å². The summed E-state index contributed by atoms with van der Waals surface area (Å²) in [6.07, 6.45) is 4.29. The number of aliphatic hydroxyl groups is 1. The number of carbonyl (C=O) groups is 2. The molecule has 3 atom stereocenters. The summed E-state index contributed by atoms with van der Waals surface area (Å²) in [7, 11) is 0. The summed E-state index contributed by atoms with van der Waals surface area (Å²) in [5.74, 6) is 0.562. The molecule has 5 rings (SSSR count). The fourth-order valence-corrected chi connectivity index (χ4v) is 5.50. The van der Waals surface area contributed by atoms with Crippen molar-refractivity contribution in [3.05, 3.63) is 34.9 Å². The SMILES string of the molecule is CC1=C(N2CCC3(CC(=NC[C@H](O)c4cc(C)c(-n5cnnn5)nn4)CCC(C)C3)C2=O)COC1=O. The zero-order chi connectivity index (χ0) is 25.4. The van der Waals surface area contributed by atoms with Gasteiger partial charge in [-0.15, -0.1) is 10.2 Å². The standard InChI is InChI=1S/C24H30N8O4/c1-14-4-5-17(10-24(9-14)6-7-31(23(24)35)19-12-36-22(34)16(19)3)25-11-20(33)18-8-15(2)21(28-27-18)32-13-26-29-30-32/h8,13-14,20,33H,4-7,9-12H2,1-3H3/t14?,20-,24?/m0/s1. The monoisotopic (exact) mass is 494 g/mol. The van der Waals surface area contributed by atoms with Crippen LogP contribution in [-0.2, 0) is 14.3 Å². The lowest BCUT2D eigenvalue weighted by Crippen LogP contribution is -2.36. The van der Waals surface area contributed by atoms with Crippen LogP contribution in [0.15, 0.2) is 28.7 Å². The molecule has 0 radical (unpaired) electrons. The Morgan fingerprint density at radius 2 is 2.14 bits per heavy atom. The molecule has 0 aromatic carbocycles. The Morgan fingerprint density at radius 1 is 1.31 bits per heavy atom. The number of aromatic nitrogens is 6. The van der Waals surface area contributed by atoms with Gasteiger partial charge in [-0.2, -0.15) is 9.78 Å². The maximum Gasteiger partial charge on any atom is 0.336 e. The summed E-state index contributed by atoms with van der Waals surface area (Å²) in [4.78, 5) is 32.0. The topological polar surface area (TPSA) is 149 Å². The predicted octanol–water partition coefficient (Wildman–Crippen LogP) is 1.49. The number of carbonyl (C=O) groups excluding carboxylic acids is 2. The van der Waals surface area contributed by atoms with Crippen molar-refractivity contribution in [3.8, 4) is 5.82 Å². The second kappa shape index (κ2) is 9.49. The van der Waals surface area contributed by atoms with E-state index in [0.29, 0.717) is 48.1 Å². The van der Waals surface area contributed by atoms with Crippen LogP contribution in [-0.4, -0.2) is 77.7 Å². The van der Waals surface area contributed by atoms with E-state index in [-0.39, 0.29) is 25.0 Å². The molecule has 3 aliphatic rings. The number of esters is 1. The lowest BCUT2D eigenvalue weighted by atomic mass is 9.76. The van der Waals surface area contributed by atoms with E-state index < -0.39 is 11.5 Å². The average Bonchev–Trinajstić information content (AvgIpc) is 3.54. The molecule has 12 heteroatoms. The van der Waals surface area contributed by atoms with Crippen molar-refractivity contribution >= 4 is 17.6 Å². The Balaban J connectivity index is 1.32. The third-order valence-electron chi connectivity index (χ3n) is 7.50. The first-order chi connectivity index (χ1) is 17.3. The molecule has 190 valence electrons. The summed E-state index contributed by atoms with van der Waals surface area (Å²) >= 11 is 0. The van der Waals surface area contributed by atoms with E-state index in [4.69, 9.17) is 9.73 Å². The Labute approximate surface area is 208 Å². The van der Waals surface area contributed by atoms with E-state index in [1.165, 1.54) is 11.0 Å². The molecule has 1 amide bonds. The highest BCUT2D eigenvalue weighted by atomic mass is 16.5. The van der Waals surface area contributed by atoms with Gasteiger partial charge in [0.15, 0.2) is 5.82 Å². The summed E-state index contributed by atoms with van der Waals surface area (Å²) in [6.45, 7) is 6.61. The first-order valence-corrected chi connectivity index (χ1v) is 12.2. The number of nitrogens with zero attached hydrogens (tertiary/aromatic N) is 8. The molecule has 12 nitrogen and oxygen atoms in total. The smallest absolute Gasteiger partial charge is 0.336 e. The molecular weight excluding hydrogens is 464 g/mol. The maximum absolute atomic E-state index is 13.7. The molecular formula is C24H30N8O4. The maximum atomic E-state index is 13.7. The number of aliphatic hydroxyl groups excluding tert-OH is 1. The van der Waals surface area contributed by atoms with Crippen molar-refractivity contribution in [3.63, 3.8) is 0 Å². The summed E-state index contributed by atoms with van der Waals surface area (Å²) in [6, 6.07) is 1.75. The van der Waals surface area contributed by atoms with E-state index in [9.17, 15) is 14.7 Å². The number of hydrogen-bond donors (Lipinski definition) is 1. The summed E-state index contributed by atoms with van der Waals surface area (Å²) in [5.41, 5.74) is 2.79. The predicted molar refractivity (Wildman–Crippen MR) is 127 cm³/mol. The van der Waals surface area contributed by atoms with Crippen molar-refractivity contribution < 1.29 is 19.4 Å². The number of likely N-dealkylation sites (tertiary alicyclic amines) is 1. The van der Waals surface area contributed by atoms with Crippen LogP contribution < -0.4 is 0 Å². The Morgan fingerprint density at radius 3 is 2.83 bits per heavy atom. The van der Waals surface area contributed by atoms with Crippen molar-refractivity contribution in [2.75, 3.05) is 19.7 Å². The van der Waals surface area contributed by atoms with Crippen LogP contribution in [0.5, 0.6) is 0 Å². The third-order valence-corrected chi connectivity index (χ3v) is 7.50. The molecule has 2 aromatic heterocycles. The van der Waals surface area contributed by atoms with E-state index in [1.54, 1.807) is 17.9 Å². The summed E-state index contributed by atoms with van der Waals surface area (Å²) in [5, 5.41) is 30.1. The van der Waals surface area contributed by atoms with Crippen molar-refractivity contribution in [2.45, 2.75) is 59.0 Å². The van der Waals surface area contributed by atoms with Gasteiger partial charge in [0, 0.05) is 12.3 Å². The van der Waals surface area contributed by atoms with E-state index in [2.05, 4.69) is 32.6 Å². The van der Waals surface area contributed by atoms with Gasteiger partial charge >= 0.3 is 5.97 Å². The summed E-state index contributed by atoms with van der Waals surface area (Å²) < 4.78 is 6.56. The van der Waals surface area contributed by atoms with E-state index in [1.807, 2.05) is 6.92 Å². The van der Waals surface area contributed by atoms with Crippen LogP contribution in [0.4, 0.5) is 0 Å². The number of tetrazole rings is 1. The largest absolute Gasteiger partial charge is 0.456 e. The van der Waals surface area contributed by atoms with Crippen LogP contribution in [0.25, 0.3) is 5.82 Å². The van der Waals surface area contributed by atoms with Crippen molar-refractivity contribution in [1.29, 1.82) is 0 Å². The van der Waals surface area contributed by atoms with Crippen molar-refractivity contribution in [1.82, 2.24) is 35.3 Å². The molecule has 1 saturated heterocycles. The second-order valence-corrected chi connectivity index (χ2v) is 10.1. The van der Waals surface area contributed by atoms with Crippen LogP contribution in [0.1, 0.15) is 63.3 Å². The molecule has 2 aliphatic heterocycles. The molecule has 4 heterocycles.